The molecule has 0 aromatic heterocycles. The minimum absolute atomic E-state index is 0.0585. The zero-order valence-electron chi connectivity index (χ0n) is 21.9. The average Bonchev–Trinajstić information content (AvgIpc) is 3.46. The summed E-state index contributed by atoms with van der Waals surface area (Å²) in [5.41, 5.74) is 4.22. The van der Waals surface area contributed by atoms with E-state index in [4.69, 9.17) is 0 Å². The van der Waals surface area contributed by atoms with E-state index in [2.05, 4.69) is 39.4 Å². The first-order valence-corrected chi connectivity index (χ1v) is 13.9. The van der Waals surface area contributed by atoms with Gasteiger partial charge in [-0.05, 0) is 61.6 Å². The van der Waals surface area contributed by atoms with Gasteiger partial charge in [0, 0.05) is 44.2 Å². The Balaban J connectivity index is 1.16. The summed E-state index contributed by atoms with van der Waals surface area (Å²) in [6, 6.07) is 16.6. The number of hydrogen-bond acceptors (Lipinski definition) is 3. The zero-order valence-corrected chi connectivity index (χ0v) is 21.9. The van der Waals surface area contributed by atoms with Crippen molar-refractivity contribution in [1.29, 1.82) is 0 Å². The zero-order chi connectivity index (χ0) is 25.1. The van der Waals surface area contributed by atoms with Crippen molar-refractivity contribution in [2.24, 2.45) is 17.8 Å². The molecule has 2 aliphatic heterocycles. The number of likely N-dealkylation sites (tertiary alicyclic amines) is 2. The van der Waals surface area contributed by atoms with Crippen LogP contribution in [0.15, 0.2) is 48.5 Å². The van der Waals surface area contributed by atoms with E-state index in [1.165, 1.54) is 24.8 Å². The van der Waals surface area contributed by atoms with Crippen LogP contribution in [0.3, 0.4) is 0 Å². The van der Waals surface area contributed by atoms with Gasteiger partial charge in [0.15, 0.2) is 0 Å². The number of carbonyl (C=O) groups is 2. The number of fused-ring (bicyclic) bond motifs is 1. The minimum atomic E-state index is 0.0585. The molecule has 0 unspecified atom stereocenters. The fraction of sp³-hybridized carbons (Fsp3) is 0.548. The molecule has 3 aliphatic rings. The van der Waals surface area contributed by atoms with Crippen LogP contribution in [0.1, 0.15) is 71.6 Å². The average molecular weight is 488 g/mol. The standard InChI is InChI=1S/C31H41N3O2/c1-22-10-9-11-23(2)29(22)31(36)34-20-26-18-33(19-27(26)21-34)17-16-28(24-12-5-3-6-13-24)32-30(35)25-14-7-4-8-15-25/h3,5-6,9-13,25-28H,4,7-8,14-21H2,1-2H3,(H,32,35)/t26-,27+,28-/m0/s1. The van der Waals surface area contributed by atoms with Crippen LogP contribution in [0, 0.1) is 31.6 Å². The molecule has 0 radical (unpaired) electrons. The molecule has 2 aromatic carbocycles. The summed E-state index contributed by atoms with van der Waals surface area (Å²) >= 11 is 0. The van der Waals surface area contributed by atoms with Crippen molar-refractivity contribution in [2.45, 2.75) is 58.4 Å². The predicted molar refractivity (Wildman–Crippen MR) is 144 cm³/mol. The van der Waals surface area contributed by atoms with E-state index in [0.29, 0.717) is 11.8 Å². The molecule has 2 saturated heterocycles. The molecule has 5 rings (SSSR count). The smallest absolute Gasteiger partial charge is 0.254 e. The molecule has 1 saturated carbocycles. The summed E-state index contributed by atoms with van der Waals surface area (Å²) in [7, 11) is 0. The largest absolute Gasteiger partial charge is 0.349 e. The van der Waals surface area contributed by atoms with Crippen LogP contribution in [-0.2, 0) is 4.79 Å². The van der Waals surface area contributed by atoms with Crippen LogP contribution in [0.25, 0.3) is 0 Å². The number of hydrogen-bond donors (Lipinski definition) is 1. The minimum Gasteiger partial charge on any atom is -0.349 e. The molecular weight excluding hydrogens is 446 g/mol. The summed E-state index contributed by atoms with van der Waals surface area (Å²) < 4.78 is 0. The Bertz CT molecular complexity index is 1030. The highest BCUT2D eigenvalue weighted by Crippen LogP contribution is 2.33. The Morgan fingerprint density at radius 1 is 0.861 bits per heavy atom. The molecular formula is C31H41N3O2. The lowest BCUT2D eigenvalue weighted by molar-refractivity contribution is -0.126. The summed E-state index contributed by atoms with van der Waals surface area (Å²) in [6.07, 6.45) is 6.59. The Labute approximate surface area is 216 Å². The molecule has 2 amide bonds. The number of aryl methyl sites for hydroxylation is 2. The van der Waals surface area contributed by atoms with Crippen LogP contribution in [0.4, 0.5) is 0 Å². The summed E-state index contributed by atoms with van der Waals surface area (Å²) in [5.74, 6) is 1.70. The highest BCUT2D eigenvalue weighted by Gasteiger charge is 2.42. The van der Waals surface area contributed by atoms with Gasteiger partial charge in [0.2, 0.25) is 5.91 Å². The number of nitrogens with one attached hydrogen (secondary N) is 1. The molecule has 2 aromatic rings. The SMILES string of the molecule is Cc1cccc(C)c1C(=O)N1C[C@H]2CN(CC[C@H](NC(=O)C3CCCCC3)c3ccccc3)C[C@H]2C1. The third-order valence-electron chi connectivity index (χ3n) is 8.77. The van der Waals surface area contributed by atoms with E-state index in [1.54, 1.807) is 0 Å². The maximum atomic E-state index is 13.3. The van der Waals surface area contributed by atoms with Crippen LogP contribution in [0.5, 0.6) is 0 Å². The second kappa shape index (κ2) is 11.2. The van der Waals surface area contributed by atoms with Gasteiger partial charge in [-0.2, -0.15) is 0 Å². The van der Waals surface area contributed by atoms with Crippen LogP contribution in [-0.4, -0.2) is 54.3 Å². The Morgan fingerprint density at radius 3 is 2.14 bits per heavy atom. The molecule has 192 valence electrons. The van der Waals surface area contributed by atoms with Gasteiger partial charge in [-0.1, -0.05) is 67.8 Å². The molecule has 5 heteroatoms. The quantitative estimate of drug-likeness (QED) is 0.589. The molecule has 0 bridgehead atoms. The van der Waals surface area contributed by atoms with Crippen LogP contribution in [0.2, 0.25) is 0 Å². The van der Waals surface area contributed by atoms with Crippen molar-refractivity contribution >= 4 is 11.8 Å². The first-order valence-electron chi connectivity index (χ1n) is 13.9. The van der Waals surface area contributed by atoms with Crippen LogP contribution < -0.4 is 5.32 Å². The molecule has 2 heterocycles. The van der Waals surface area contributed by atoms with E-state index in [9.17, 15) is 9.59 Å². The Kier molecular flexibility index (Phi) is 7.76. The fourth-order valence-corrected chi connectivity index (χ4v) is 6.72. The predicted octanol–water partition coefficient (Wildman–Crippen LogP) is 5.14. The molecule has 5 nitrogen and oxygen atoms in total. The molecule has 3 atom stereocenters. The number of rotatable bonds is 7. The Hall–Kier alpha value is -2.66. The van der Waals surface area contributed by atoms with Gasteiger partial charge in [-0.3, -0.25) is 9.59 Å². The molecule has 3 fully saturated rings. The van der Waals surface area contributed by atoms with Gasteiger partial charge >= 0.3 is 0 Å². The molecule has 36 heavy (non-hydrogen) atoms. The van der Waals surface area contributed by atoms with Gasteiger partial charge in [0.05, 0.1) is 6.04 Å². The molecule has 1 aliphatic carbocycles. The van der Waals surface area contributed by atoms with E-state index < -0.39 is 0 Å². The third-order valence-corrected chi connectivity index (χ3v) is 8.77. The highest BCUT2D eigenvalue weighted by atomic mass is 16.2. The first kappa shape index (κ1) is 25.0. The van der Waals surface area contributed by atoms with Crippen molar-refractivity contribution in [2.75, 3.05) is 32.7 Å². The molecule has 1 N–H and O–H groups in total. The van der Waals surface area contributed by atoms with Crippen molar-refractivity contribution in [1.82, 2.24) is 15.1 Å². The maximum Gasteiger partial charge on any atom is 0.254 e. The third kappa shape index (κ3) is 5.51. The number of benzene rings is 2. The van der Waals surface area contributed by atoms with Gasteiger partial charge in [0.1, 0.15) is 0 Å². The van der Waals surface area contributed by atoms with Crippen molar-refractivity contribution in [3.05, 3.63) is 70.8 Å². The summed E-state index contributed by atoms with van der Waals surface area (Å²) in [5, 5.41) is 3.41. The van der Waals surface area contributed by atoms with Crippen LogP contribution >= 0.6 is 0 Å². The lowest BCUT2D eigenvalue weighted by Gasteiger charge is -2.27. The number of amides is 2. The van der Waals surface area contributed by atoms with E-state index in [1.807, 2.05) is 38.1 Å². The summed E-state index contributed by atoms with van der Waals surface area (Å²) in [6.45, 7) is 8.84. The van der Waals surface area contributed by atoms with Crippen molar-refractivity contribution in [3.63, 3.8) is 0 Å². The van der Waals surface area contributed by atoms with E-state index in [0.717, 1.165) is 68.7 Å². The normalized spacial score (nSPS) is 23.4. The lowest BCUT2D eigenvalue weighted by atomic mass is 9.88. The number of nitrogens with zero attached hydrogens (tertiary/aromatic N) is 2. The lowest BCUT2D eigenvalue weighted by Crippen LogP contribution is -2.37. The van der Waals surface area contributed by atoms with Gasteiger partial charge in [-0.15, -0.1) is 0 Å². The van der Waals surface area contributed by atoms with Crippen molar-refractivity contribution < 1.29 is 9.59 Å². The van der Waals surface area contributed by atoms with E-state index >= 15 is 0 Å². The van der Waals surface area contributed by atoms with Crippen molar-refractivity contribution in [3.8, 4) is 0 Å². The van der Waals surface area contributed by atoms with Gasteiger partial charge < -0.3 is 15.1 Å². The fourth-order valence-electron chi connectivity index (χ4n) is 6.72. The monoisotopic (exact) mass is 487 g/mol. The van der Waals surface area contributed by atoms with E-state index in [-0.39, 0.29) is 23.8 Å². The molecule has 0 spiro atoms. The number of carbonyl (C=O) groups excluding carboxylic acids is 2. The topological polar surface area (TPSA) is 52.7 Å². The summed E-state index contributed by atoms with van der Waals surface area (Å²) in [4.78, 5) is 31.0. The Morgan fingerprint density at radius 2 is 1.50 bits per heavy atom. The first-order chi connectivity index (χ1) is 17.5. The second-order valence-corrected chi connectivity index (χ2v) is 11.4. The van der Waals surface area contributed by atoms with Gasteiger partial charge in [-0.25, -0.2) is 0 Å². The maximum absolute atomic E-state index is 13.3. The highest BCUT2D eigenvalue weighted by molar-refractivity contribution is 5.97. The second-order valence-electron chi connectivity index (χ2n) is 11.4. The van der Waals surface area contributed by atoms with Gasteiger partial charge in [0.25, 0.3) is 5.91 Å².